The van der Waals surface area contributed by atoms with Crippen molar-refractivity contribution >= 4 is 29.3 Å². The van der Waals surface area contributed by atoms with Crippen molar-refractivity contribution in [2.45, 2.75) is 51.1 Å². The summed E-state index contributed by atoms with van der Waals surface area (Å²) in [5.41, 5.74) is 2.44. The van der Waals surface area contributed by atoms with Crippen molar-refractivity contribution in [3.63, 3.8) is 0 Å². The number of carboxylic acid groups (broad SMARTS) is 1. The predicted octanol–water partition coefficient (Wildman–Crippen LogP) is 6.29. The maximum atomic E-state index is 13.0. The van der Waals surface area contributed by atoms with Gasteiger partial charge in [-0.3, -0.25) is 4.79 Å². The van der Waals surface area contributed by atoms with Crippen LogP contribution in [0.5, 0.6) is 5.75 Å². The summed E-state index contributed by atoms with van der Waals surface area (Å²) in [4.78, 5) is 30.0. The van der Waals surface area contributed by atoms with Gasteiger partial charge in [-0.05, 0) is 79.4 Å². The van der Waals surface area contributed by atoms with Gasteiger partial charge in [0.2, 0.25) is 0 Å². The second kappa shape index (κ2) is 15.5. The number of benzene rings is 2. The van der Waals surface area contributed by atoms with Crippen LogP contribution < -0.4 is 9.64 Å². The van der Waals surface area contributed by atoms with E-state index in [-0.39, 0.29) is 5.91 Å². The number of alkyl halides is 3. The lowest BCUT2D eigenvalue weighted by Crippen LogP contribution is -2.48. The van der Waals surface area contributed by atoms with Crippen LogP contribution in [0, 0.1) is 5.41 Å². The van der Waals surface area contributed by atoms with Crippen molar-refractivity contribution in [2.75, 3.05) is 63.1 Å². The summed E-state index contributed by atoms with van der Waals surface area (Å²) in [6.45, 7) is 14.4. The first-order chi connectivity index (χ1) is 19.9. The number of halogens is 3. The molecule has 2 aromatic rings. The van der Waals surface area contributed by atoms with Gasteiger partial charge in [-0.15, -0.1) is 11.8 Å². The lowest BCUT2D eigenvalue weighted by molar-refractivity contribution is -0.192. The zero-order chi connectivity index (χ0) is 30.8. The molecule has 1 N–H and O–H groups in total. The molecule has 2 saturated heterocycles. The van der Waals surface area contributed by atoms with Crippen molar-refractivity contribution in [3.05, 3.63) is 54.1 Å². The summed E-state index contributed by atoms with van der Waals surface area (Å²) in [5, 5.41) is 7.12. The quantitative estimate of drug-likeness (QED) is 0.265. The molecule has 2 heterocycles. The van der Waals surface area contributed by atoms with Crippen LogP contribution >= 0.6 is 11.8 Å². The third-order valence-electron chi connectivity index (χ3n) is 7.27. The van der Waals surface area contributed by atoms with Crippen LogP contribution in [0.1, 0.15) is 50.4 Å². The van der Waals surface area contributed by atoms with Gasteiger partial charge in [-0.2, -0.15) is 13.2 Å². The second-order valence-corrected chi connectivity index (χ2v) is 12.6. The molecule has 11 heteroatoms. The lowest BCUT2D eigenvalue weighted by Gasteiger charge is -2.38. The molecule has 0 bridgehead atoms. The van der Waals surface area contributed by atoms with E-state index < -0.39 is 12.1 Å². The largest absolute Gasteiger partial charge is 0.494 e. The minimum absolute atomic E-state index is 0.139. The number of hydrogen-bond acceptors (Lipinski definition) is 6. The number of hydrogen-bond donors (Lipinski definition) is 1. The van der Waals surface area contributed by atoms with Crippen LogP contribution in [0.15, 0.2) is 53.4 Å². The van der Waals surface area contributed by atoms with E-state index in [9.17, 15) is 18.0 Å². The van der Waals surface area contributed by atoms with Crippen LogP contribution in [0.2, 0.25) is 0 Å². The van der Waals surface area contributed by atoms with E-state index >= 15 is 0 Å². The molecule has 2 fully saturated rings. The summed E-state index contributed by atoms with van der Waals surface area (Å²) in [6.07, 6.45) is -1.37. The number of anilines is 1. The van der Waals surface area contributed by atoms with Gasteiger partial charge in [0.1, 0.15) is 5.75 Å². The maximum Gasteiger partial charge on any atom is 0.490 e. The highest BCUT2D eigenvalue weighted by molar-refractivity contribution is 7.99. The molecule has 0 radical (unpaired) electrons. The van der Waals surface area contributed by atoms with E-state index in [1.54, 1.807) is 11.8 Å². The Morgan fingerprint density at radius 2 is 1.69 bits per heavy atom. The average Bonchev–Trinajstić information content (AvgIpc) is 2.95. The number of carbonyl (C=O) groups is 2. The zero-order valence-corrected chi connectivity index (χ0v) is 25.5. The Morgan fingerprint density at radius 3 is 2.29 bits per heavy atom. The lowest BCUT2D eigenvalue weighted by atomic mass is 9.84. The number of thioether (sulfide) groups is 1. The fourth-order valence-corrected chi connectivity index (χ4v) is 5.92. The molecule has 0 aliphatic carbocycles. The van der Waals surface area contributed by atoms with Gasteiger partial charge in [0.05, 0.1) is 6.61 Å². The van der Waals surface area contributed by atoms with Gasteiger partial charge < -0.3 is 24.5 Å². The highest BCUT2D eigenvalue weighted by Gasteiger charge is 2.38. The van der Waals surface area contributed by atoms with E-state index in [0.29, 0.717) is 5.41 Å². The standard InChI is InChI=1S/C29H41N3O2S.C2HF3O2/c1-4-35-27-9-5-8-24(22-27)28(33)32-19-17-31(18-20-32)25-10-12-26(13-11-25)34-21-7-16-30-15-6-14-29(2,3)23-30;3-2(4,5)1(6)7/h5,8-13,22H,4,6-7,14-21,23H2,1-3H3;(H,6,7). The monoisotopic (exact) mass is 609 g/mol. The van der Waals surface area contributed by atoms with E-state index in [1.165, 1.54) is 31.6 Å². The molecule has 1 amide bonds. The number of carbonyl (C=O) groups excluding carboxylic acids is 1. The molecule has 7 nitrogen and oxygen atoms in total. The Labute approximate surface area is 251 Å². The van der Waals surface area contributed by atoms with Crippen LogP contribution in [-0.4, -0.2) is 91.1 Å². The molecule has 2 aromatic carbocycles. The summed E-state index contributed by atoms with van der Waals surface area (Å²) in [6, 6.07) is 16.5. The molecule has 42 heavy (non-hydrogen) atoms. The molecule has 2 aliphatic rings. The molecule has 2 aliphatic heterocycles. The highest BCUT2D eigenvalue weighted by atomic mass is 32.2. The number of rotatable bonds is 9. The van der Waals surface area contributed by atoms with E-state index in [0.717, 1.165) is 67.7 Å². The van der Waals surface area contributed by atoms with Crippen LogP contribution in [-0.2, 0) is 4.79 Å². The first kappa shape index (κ1) is 33.6. The normalized spacial score (nSPS) is 17.3. The third-order valence-corrected chi connectivity index (χ3v) is 8.15. The van der Waals surface area contributed by atoms with Crippen LogP contribution in [0.4, 0.5) is 18.9 Å². The molecule has 0 atom stereocenters. The van der Waals surface area contributed by atoms with Crippen molar-refractivity contribution < 1.29 is 32.6 Å². The smallest absolute Gasteiger partial charge is 0.490 e. The number of ether oxygens (including phenoxy) is 1. The predicted molar refractivity (Wildman–Crippen MR) is 161 cm³/mol. The van der Waals surface area contributed by atoms with Gasteiger partial charge in [-0.25, -0.2) is 4.79 Å². The van der Waals surface area contributed by atoms with Gasteiger partial charge >= 0.3 is 12.1 Å². The van der Waals surface area contributed by atoms with Crippen molar-refractivity contribution in [2.24, 2.45) is 5.41 Å². The van der Waals surface area contributed by atoms with Gasteiger partial charge in [0.25, 0.3) is 5.91 Å². The molecular formula is C31H42F3N3O4S. The molecule has 232 valence electrons. The summed E-state index contributed by atoms with van der Waals surface area (Å²) < 4.78 is 37.8. The maximum absolute atomic E-state index is 13.0. The van der Waals surface area contributed by atoms with Gasteiger partial charge in [0.15, 0.2) is 0 Å². The number of nitrogens with zero attached hydrogens (tertiary/aromatic N) is 3. The Hall–Kier alpha value is -2.92. The Morgan fingerprint density at radius 1 is 1.02 bits per heavy atom. The van der Waals surface area contributed by atoms with E-state index in [4.69, 9.17) is 14.6 Å². The van der Waals surface area contributed by atoms with Crippen molar-refractivity contribution in [1.29, 1.82) is 0 Å². The van der Waals surface area contributed by atoms with E-state index in [2.05, 4.69) is 60.9 Å². The first-order valence-corrected chi connectivity index (χ1v) is 15.4. The zero-order valence-electron chi connectivity index (χ0n) is 24.7. The number of piperazine rings is 1. The third kappa shape index (κ3) is 10.7. The SMILES string of the molecule is CCSc1cccc(C(=O)N2CCN(c3ccc(OCCCN4CCCC(C)(C)C4)cc3)CC2)c1.O=C(O)C(F)(F)F. The molecule has 4 rings (SSSR count). The first-order valence-electron chi connectivity index (χ1n) is 14.4. The highest BCUT2D eigenvalue weighted by Crippen LogP contribution is 2.28. The number of carboxylic acids is 1. The van der Waals surface area contributed by atoms with Gasteiger partial charge in [0, 0.05) is 55.4 Å². The molecule has 0 aromatic heterocycles. The van der Waals surface area contributed by atoms with Gasteiger partial charge in [-0.1, -0.05) is 26.8 Å². The topological polar surface area (TPSA) is 73.3 Å². The Balaban J connectivity index is 0.000000616. The summed E-state index contributed by atoms with van der Waals surface area (Å²) in [5.74, 6) is -0.670. The summed E-state index contributed by atoms with van der Waals surface area (Å²) >= 11 is 1.77. The Kier molecular flexibility index (Phi) is 12.4. The van der Waals surface area contributed by atoms with Crippen LogP contribution in [0.3, 0.4) is 0 Å². The fourth-order valence-electron chi connectivity index (χ4n) is 5.20. The van der Waals surface area contributed by atoms with E-state index in [1.807, 2.05) is 23.1 Å². The van der Waals surface area contributed by atoms with Crippen molar-refractivity contribution in [1.82, 2.24) is 9.80 Å². The average molecular weight is 610 g/mol. The number of aliphatic carboxylic acids is 1. The minimum Gasteiger partial charge on any atom is -0.494 e. The number of amides is 1. The number of likely N-dealkylation sites (tertiary alicyclic amines) is 1. The second-order valence-electron chi connectivity index (χ2n) is 11.3. The fraction of sp³-hybridized carbons (Fsp3) is 0.548. The summed E-state index contributed by atoms with van der Waals surface area (Å²) in [7, 11) is 0. The minimum atomic E-state index is -5.08. The number of piperidine rings is 1. The molecular weight excluding hydrogens is 567 g/mol. The Bertz CT molecular complexity index is 1150. The molecule has 0 unspecified atom stereocenters. The molecule has 0 spiro atoms. The van der Waals surface area contributed by atoms with Crippen molar-refractivity contribution in [3.8, 4) is 5.75 Å². The van der Waals surface area contributed by atoms with Crippen LogP contribution in [0.25, 0.3) is 0 Å². The molecule has 0 saturated carbocycles.